The maximum Gasteiger partial charge on any atom is 0.269 e. The van der Waals surface area contributed by atoms with E-state index in [-0.39, 0.29) is 11.7 Å². The summed E-state index contributed by atoms with van der Waals surface area (Å²) in [7, 11) is 0. The topological polar surface area (TPSA) is 31.2 Å². The molecule has 0 aliphatic rings. The Balaban J connectivity index is 2.57. The predicted octanol–water partition coefficient (Wildman–Crippen LogP) is 1.96. The lowest BCUT2D eigenvalue weighted by Crippen LogP contribution is -2.30. The van der Waals surface area contributed by atoms with Gasteiger partial charge in [-0.2, -0.15) is 0 Å². The molecule has 0 aliphatic heterocycles. The van der Waals surface area contributed by atoms with Gasteiger partial charge in [0, 0.05) is 12.1 Å². The third-order valence-corrected chi connectivity index (χ3v) is 3.84. The van der Waals surface area contributed by atoms with Crippen molar-refractivity contribution in [1.82, 2.24) is 4.57 Å². The minimum atomic E-state index is 0.0156. The molecule has 4 heteroatoms. The van der Waals surface area contributed by atoms with Gasteiger partial charge in [-0.15, -0.1) is 11.3 Å². The summed E-state index contributed by atoms with van der Waals surface area (Å²) in [4.78, 5) is 12.2. The Bertz CT molecular complexity index is 756. The van der Waals surface area contributed by atoms with Crippen molar-refractivity contribution in [3.8, 4) is 5.75 Å². The lowest BCUT2D eigenvalue weighted by molar-refractivity contribution is 0.242. The maximum atomic E-state index is 12.2. The molecule has 0 saturated carbocycles. The van der Waals surface area contributed by atoms with Crippen molar-refractivity contribution in [2.45, 2.75) is 33.4 Å². The highest BCUT2D eigenvalue weighted by Gasteiger charge is 2.05. The molecule has 0 bridgehead atoms. The van der Waals surface area contributed by atoms with Crippen molar-refractivity contribution in [3.63, 3.8) is 0 Å². The first-order chi connectivity index (χ1) is 9.52. The number of aromatic nitrogens is 1. The Morgan fingerprint density at radius 1 is 1.40 bits per heavy atom. The van der Waals surface area contributed by atoms with E-state index in [1.807, 2.05) is 51.1 Å². The Kier molecular flexibility index (Phi) is 4.45. The number of hydrogen-bond acceptors (Lipinski definition) is 3. The molecule has 2 aromatic rings. The lowest BCUT2D eigenvalue weighted by Gasteiger charge is -2.11. The summed E-state index contributed by atoms with van der Waals surface area (Å²) < 4.78 is 8.93. The van der Waals surface area contributed by atoms with E-state index in [0.29, 0.717) is 11.1 Å². The molecule has 106 valence electrons. The number of benzene rings is 1. The van der Waals surface area contributed by atoms with Crippen LogP contribution < -0.4 is 19.5 Å². The second-order valence-electron chi connectivity index (χ2n) is 4.76. The van der Waals surface area contributed by atoms with E-state index in [0.717, 1.165) is 16.0 Å². The third kappa shape index (κ3) is 3.02. The Labute approximate surface area is 122 Å². The SMILES string of the molecule is C=c1sc(=Cc2ccccc2OC(C)C)c(=O)n1CC. The molecule has 3 nitrogen and oxygen atoms in total. The van der Waals surface area contributed by atoms with Gasteiger partial charge in [0.05, 0.1) is 15.3 Å². The van der Waals surface area contributed by atoms with Crippen LogP contribution in [0.25, 0.3) is 12.7 Å². The van der Waals surface area contributed by atoms with Gasteiger partial charge >= 0.3 is 0 Å². The van der Waals surface area contributed by atoms with Gasteiger partial charge in [-0.1, -0.05) is 24.8 Å². The Morgan fingerprint density at radius 3 is 2.70 bits per heavy atom. The number of para-hydroxylation sites is 1. The fourth-order valence-electron chi connectivity index (χ4n) is 1.99. The van der Waals surface area contributed by atoms with Gasteiger partial charge in [-0.05, 0) is 32.9 Å². The Morgan fingerprint density at radius 2 is 2.10 bits per heavy atom. The van der Waals surface area contributed by atoms with Crippen LogP contribution in [0.4, 0.5) is 0 Å². The average molecular weight is 289 g/mol. The minimum Gasteiger partial charge on any atom is -0.490 e. The number of rotatable bonds is 4. The molecule has 0 radical (unpaired) electrons. The number of hydrogen-bond donors (Lipinski definition) is 0. The molecule has 0 unspecified atom stereocenters. The quantitative estimate of drug-likeness (QED) is 0.861. The van der Waals surface area contributed by atoms with E-state index < -0.39 is 0 Å². The second kappa shape index (κ2) is 6.09. The highest BCUT2D eigenvalue weighted by Crippen LogP contribution is 2.19. The molecule has 0 fully saturated rings. The van der Waals surface area contributed by atoms with Crippen LogP contribution in [0.15, 0.2) is 29.1 Å². The highest BCUT2D eigenvalue weighted by atomic mass is 32.1. The van der Waals surface area contributed by atoms with Crippen molar-refractivity contribution in [2.75, 3.05) is 0 Å². The summed E-state index contributed by atoms with van der Waals surface area (Å²) >= 11 is 1.42. The van der Waals surface area contributed by atoms with Crippen LogP contribution in [0.5, 0.6) is 5.75 Å². The zero-order valence-corrected chi connectivity index (χ0v) is 12.9. The largest absolute Gasteiger partial charge is 0.490 e. The number of thiazole rings is 1. The fraction of sp³-hybridized carbons (Fsp3) is 0.312. The van der Waals surface area contributed by atoms with Crippen LogP contribution in [0.1, 0.15) is 26.3 Å². The summed E-state index contributed by atoms with van der Waals surface area (Å²) in [5.41, 5.74) is 0.935. The molecule has 0 N–H and O–H groups in total. The standard InChI is InChI=1S/C16H19NO2S/c1-5-17-12(4)20-15(16(17)18)10-13-8-6-7-9-14(13)19-11(2)3/h6-11H,4-5H2,1-3H3. The van der Waals surface area contributed by atoms with Crippen LogP contribution in [-0.4, -0.2) is 10.7 Å². The van der Waals surface area contributed by atoms with E-state index in [4.69, 9.17) is 4.74 Å². The van der Waals surface area contributed by atoms with Gasteiger partial charge in [-0.25, -0.2) is 0 Å². The summed E-state index contributed by atoms with van der Waals surface area (Å²) in [6.07, 6.45) is 1.98. The summed E-state index contributed by atoms with van der Waals surface area (Å²) in [5, 5.41) is 0. The second-order valence-corrected chi connectivity index (χ2v) is 5.87. The molecular formula is C16H19NO2S. The third-order valence-electron chi connectivity index (χ3n) is 2.87. The fourth-order valence-corrected chi connectivity index (χ4v) is 2.94. The zero-order valence-electron chi connectivity index (χ0n) is 12.1. The molecular weight excluding hydrogens is 270 g/mol. The molecule has 20 heavy (non-hydrogen) atoms. The summed E-state index contributed by atoms with van der Waals surface area (Å²) in [6.45, 7) is 10.5. The minimum absolute atomic E-state index is 0.0156. The highest BCUT2D eigenvalue weighted by molar-refractivity contribution is 7.07. The van der Waals surface area contributed by atoms with Crippen LogP contribution in [0.2, 0.25) is 0 Å². The summed E-state index contributed by atoms with van der Waals surface area (Å²) in [5.74, 6) is 0.795. The van der Waals surface area contributed by atoms with Crippen molar-refractivity contribution in [1.29, 1.82) is 0 Å². The molecule has 2 rings (SSSR count). The van der Waals surface area contributed by atoms with E-state index in [2.05, 4.69) is 6.58 Å². The van der Waals surface area contributed by atoms with Crippen molar-refractivity contribution in [3.05, 3.63) is 49.4 Å². The van der Waals surface area contributed by atoms with Gasteiger partial charge < -0.3 is 4.74 Å². The number of ether oxygens (including phenoxy) is 1. The first-order valence-electron chi connectivity index (χ1n) is 6.69. The normalized spacial score (nSPS) is 12.1. The van der Waals surface area contributed by atoms with Crippen LogP contribution in [0.3, 0.4) is 0 Å². The maximum absolute atomic E-state index is 12.2. The van der Waals surface area contributed by atoms with Crippen LogP contribution in [-0.2, 0) is 6.54 Å². The Hall–Kier alpha value is -1.81. The summed E-state index contributed by atoms with van der Waals surface area (Å²) in [6, 6.07) is 7.75. The lowest BCUT2D eigenvalue weighted by atomic mass is 10.2. The monoisotopic (exact) mass is 289 g/mol. The molecule has 1 aromatic heterocycles. The zero-order chi connectivity index (χ0) is 14.7. The molecule has 0 spiro atoms. The molecule has 0 aliphatic carbocycles. The van der Waals surface area contributed by atoms with Gasteiger partial charge in [0.1, 0.15) is 5.75 Å². The number of nitrogens with zero attached hydrogens (tertiary/aromatic N) is 1. The van der Waals surface area contributed by atoms with Gasteiger partial charge in [0.2, 0.25) is 0 Å². The first kappa shape index (κ1) is 14.6. The first-order valence-corrected chi connectivity index (χ1v) is 7.50. The van der Waals surface area contributed by atoms with Crippen LogP contribution >= 0.6 is 11.3 Å². The van der Waals surface area contributed by atoms with Crippen molar-refractivity contribution >= 4 is 24.0 Å². The molecule has 1 aromatic carbocycles. The van der Waals surface area contributed by atoms with E-state index in [1.165, 1.54) is 11.3 Å². The van der Waals surface area contributed by atoms with E-state index in [1.54, 1.807) is 4.57 Å². The smallest absolute Gasteiger partial charge is 0.269 e. The van der Waals surface area contributed by atoms with Gasteiger partial charge in [-0.3, -0.25) is 9.36 Å². The van der Waals surface area contributed by atoms with Gasteiger partial charge in [0.15, 0.2) is 0 Å². The molecule has 0 saturated heterocycles. The van der Waals surface area contributed by atoms with Crippen LogP contribution in [0, 0.1) is 0 Å². The van der Waals surface area contributed by atoms with Crippen molar-refractivity contribution in [2.24, 2.45) is 0 Å². The van der Waals surface area contributed by atoms with Gasteiger partial charge in [0.25, 0.3) is 5.56 Å². The molecule has 1 heterocycles. The average Bonchev–Trinajstić information content (AvgIpc) is 2.66. The van der Waals surface area contributed by atoms with Crippen molar-refractivity contribution < 1.29 is 4.74 Å². The predicted molar refractivity (Wildman–Crippen MR) is 84.8 cm³/mol. The molecule has 0 atom stereocenters. The van der Waals surface area contributed by atoms with E-state index >= 15 is 0 Å². The molecule has 0 amide bonds. The van der Waals surface area contributed by atoms with E-state index in [9.17, 15) is 4.79 Å².